The van der Waals surface area contributed by atoms with E-state index in [2.05, 4.69) is 12.2 Å². The lowest BCUT2D eigenvalue weighted by Crippen LogP contribution is -2.41. The quantitative estimate of drug-likeness (QED) is 0.725. The van der Waals surface area contributed by atoms with E-state index in [1.807, 2.05) is 0 Å². The largest absolute Gasteiger partial charge is 0.395 e. The van der Waals surface area contributed by atoms with Gasteiger partial charge in [0.05, 0.1) is 17.0 Å². The van der Waals surface area contributed by atoms with Crippen molar-refractivity contribution in [3.8, 4) is 0 Å². The zero-order valence-corrected chi connectivity index (χ0v) is 10.7. The van der Waals surface area contributed by atoms with Crippen LogP contribution >= 0.6 is 0 Å². The topological polar surface area (TPSA) is 58.3 Å². The first-order valence-corrected chi connectivity index (χ1v) is 6.50. The molecule has 1 fully saturated rings. The second-order valence-electron chi connectivity index (χ2n) is 5.48. The molecule has 1 aliphatic rings. The molecule has 0 bridgehead atoms. The lowest BCUT2D eigenvalue weighted by atomic mass is 9.79. The van der Waals surface area contributed by atoms with Gasteiger partial charge in [0.1, 0.15) is 5.82 Å². The third-order valence-corrected chi connectivity index (χ3v) is 3.73. The monoisotopic (exact) mass is 252 g/mol. The molecule has 0 saturated heterocycles. The van der Waals surface area contributed by atoms with Crippen LogP contribution in [-0.2, 0) is 0 Å². The smallest absolute Gasteiger partial charge is 0.148 e. The Hall–Kier alpha value is -1.29. The van der Waals surface area contributed by atoms with E-state index < -0.39 is 11.4 Å². The molecule has 1 aliphatic carbocycles. The lowest BCUT2D eigenvalue weighted by molar-refractivity contribution is -0.000752. The van der Waals surface area contributed by atoms with Crippen LogP contribution in [0.5, 0.6) is 0 Å². The molecule has 1 aromatic carbocycles. The van der Waals surface area contributed by atoms with Gasteiger partial charge < -0.3 is 16.2 Å². The summed E-state index contributed by atoms with van der Waals surface area (Å²) in [6.45, 7) is 2.58. The summed E-state index contributed by atoms with van der Waals surface area (Å²) >= 11 is 0. The van der Waals surface area contributed by atoms with Crippen LogP contribution < -0.4 is 11.1 Å². The molecule has 0 radical (unpaired) electrons. The summed E-state index contributed by atoms with van der Waals surface area (Å²) in [5.41, 5.74) is 5.62. The third-order valence-electron chi connectivity index (χ3n) is 3.73. The minimum absolute atomic E-state index is 0.116. The molecule has 0 heterocycles. The van der Waals surface area contributed by atoms with E-state index in [1.165, 1.54) is 12.5 Å². The maximum Gasteiger partial charge on any atom is 0.148 e. The number of halogens is 1. The van der Waals surface area contributed by atoms with Crippen molar-refractivity contribution in [2.24, 2.45) is 5.92 Å². The third kappa shape index (κ3) is 2.93. The number of hydrogen-bond acceptors (Lipinski definition) is 3. The molecule has 2 unspecified atom stereocenters. The van der Waals surface area contributed by atoms with E-state index in [1.54, 1.807) is 12.1 Å². The molecule has 100 valence electrons. The molecule has 2 atom stereocenters. The Balaban J connectivity index is 2.00. The van der Waals surface area contributed by atoms with Crippen molar-refractivity contribution in [1.82, 2.24) is 0 Å². The van der Waals surface area contributed by atoms with Crippen molar-refractivity contribution >= 4 is 11.4 Å². The van der Waals surface area contributed by atoms with E-state index in [4.69, 9.17) is 5.73 Å². The van der Waals surface area contributed by atoms with Gasteiger partial charge in [-0.15, -0.1) is 0 Å². The number of nitrogens with one attached hydrogen (secondary N) is 1. The Morgan fingerprint density at radius 1 is 1.56 bits per heavy atom. The predicted octanol–water partition coefficient (Wildman–Crippen LogP) is 2.76. The van der Waals surface area contributed by atoms with Crippen molar-refractivity contribution in [3.63, 3.8) is 0 Å². The van der Waals surface area contributed by atoms with Crippen LogP contribution in [0.4, 0.5) is 15.8 Å². The fraction of sp³-hybridized carbons (Fsp3) is 0.571. The lowest BCUT2D eigenvalue weighted by Gasteiger charge is -2.36. The summed E-state index contributed by atoms with van der Waals surface area (Å²) < 4.78 is 13.3. The Morgan fingerprint density at radius 2 is 2.33 bits per heavy atom. The van der Waals surface area contributed by atoms with Crippen LogP contribution in [0.15, 0.2) is 18.2 Å². The van der Waals surface area contributed by atoms with Gasteiger partial charge in [-0.1, -0.05) is 25.8 Å². The summed E-state index contributed by atoms with van der Waals surface area (Å²) in [5.74, 6) is 0.111. The first-order valence-electron chi connectivity index (χ1n) is 6.50. The average Bonchev–Trinajstić information content (AvgIpc) is 2.31. The molecule has 1 saturated carbocycles. The molecule has 0 aliphatic heterocycles. The summed E-state index contributed by atoms with van der Waals surface area (Å²) in [6.07, 6.45) is 3.79. The van der Waals surface area contributed by atoms with E-state index in [0.717, 1.165) is 19.3 Å². The molecule has 3 nitrogen and oxygen atoms in total. The minimum atomic E-state index is -0.698. The molecule has 18 heavy (non-hydrogen) atoms. The van der Waals surface area contributed by atoms with E-state index in [-0.39, 0.29) is 5.69 Å². The normalized spacial score (nSPS) is 28.1. The summed E-state index contributed by atoms with van der Waals surface area (Å²) in [4.78, 5) is 0. The fourth-order valence-electron chi connectivity index (χ4n) is 2.74. The van der Waals surface area contributed by atoms with E-state index in [0.29, 0.717) is 18.2 Å². The second kappa shape index (κ2) is 5.14. The zero-order valence-electron chi connectivity index (χ0n) is 10.7. The molecular weight excluding hydrogens is 231 g/mol. The highest BCUT2D eigenvalue weighted by Gasteiger charge is 2.32. The fourth-order valence-corrected chi connectivity index (χ4v) is 2.74. The number of nitrogens with two attached hydrogens (primary N) is 1. The molecule has 0 spiro atoms. The minimum Gasteiger partial charge on any atom is -0.395 e. The van der Waals surface area contributed by atoms with Gasteiger partial charge in [-0.25, -0.2) is 4.39 Å². The Morgan fingerprint density at radius 3 is 3.06 bits per heavy atom. The van der Waals surface area contributed by atoms with Crippen molar-refractivity contribution in [2.75, 3.05) is 17.6 Å². The zero-order chi connectivity index (χ0) is 13.2. The predicted molar refractivity (Wildman–Crippen MR) is 71.9 cm³/mol. The highest BCUT2D eigenvalue weighted by molar-refractivity contribution is 5.66. The van der Waals surface area contributed by atoms with Crippen molar-refractivity contribution < 1.29 is 9.50 Å². The Bertz CT molecular complexity index is 424. The van der Waals surface area contributed by atoms with Crippen molar-refractivity contribution in [3.05, 3.63) is 24.0 Å². The van der Waals surface area contributed by atoms with Crippen LogP contribution in [0, 0.1) is 11.7 Å². The second-order valence-corrected chi connectivity index (χ2v) is 5.48. The van der Waals surface area contributed by atoms with Gasteiger partial charge in [0.15, 0.2) is 0 Å². The number of para-hydroxylation sites is 1. The number of nitrogen functional groups attached to an aromatic ring is 1. The van der Waals surface area contributed by atoms with Gasteiger partial charge in [0.25, 0.3) is 0 Å². The molecule has 1 aromatic rings. The van der Waals surface area contributed by atoms with Gasteiger partial charge in [-0.3, -0.25) is 0 Å². The average molecular weight is 252 g/mol. The molecule has 4 N–H and O–H groups in total. The maximum absolute atomic E-state index is 13.3. The molecule has 4 heteroatoms. The van der Waals surface area contributed by atoms with Gasteiger partial charge in [0, 0.05) is 6.54 Å². The van der Waals surface area contributed by atoms with E-state index >= 15 is 0 Å². The summed E-state index contributed by atoms with van der Waals surface area (Å²) in [7, 11) is 0. The van der Waals surface area contributed by atoms with Crippen LogP contribution in [-0.4, -0.2) is 17.3 Å². The molecular formula is C14H21FN2O. The van der Waals surface area contributed by atoms with Crippen molar-refractivity contribution in [2.45, 2.75) is 38.2 Å². The molecule has 0 aromatic heterocycles. The highest BCUT2D eigenvalue weighted by atomic mass is 19.1. The van der Waals surface area contributed by atoms with Crippen LogP contribution in [0.25, 0.3) is 0 Å². The van der Waals surface area contributed by atoms with Gasteiger partial charge in [-0.2, -0.15) is 0 Å². The first-order chi connectivity index (χ1) is 8.50. The van der Waals surface area contributed by atoms with Crippen LogP contribution in [0.2, 0.25) is 0 Å². The first kappa shape index (κ1) is 13.1. The molecule has 0 amide bonds. The molecule has 2 rings (SSSR count). The number of aliphatic hydroxyl groups is 1. The SMILES string of the molecule is CC1CCCC(O)(CNc2cccc(F)c2N)C1. The van der Waals surface area contributed by atoms with E-state index in [9.17, 15) is 9.50 Å². The van der Waals surface area contributed by atoms with Crippen LogP contribution in [0.1, 0.15) is 32.6 Å². The Labute approximate surface area is 107 Å². The number of hydrogen-bond donors (Lipinski definition) is 3. The number of benzene rings is 1. The number of rotatable bonds is 3. The maximum atomic E-state index is 13.3. The summed E-state index contributed by atoms with van der Waals surface area (Å²) in [5, 5.41) is 13.5. The van der Waals surface area contributed by atoms with Crippen LogP contribution in [0.3, 0.4) is 0 Å². The summed E-state index contributed by atoms with van der Waals surface area (Å²) in [6, 6.07) is 4.67. The van der Waals surface area contributed by atoms with Gasteiger partial charge in [0.2, 0.25) is 0 Å². The van der Waals surface area contributed by atoms with Gasteiger partial charge >= 0.3 is 0 Å². The Kier molecular flexibility index (Phi) is 3.76. The van der Waals surface area contributed by atoms with Gasteiger partial charge in [-0.05, 0) is 30.9 Å². The standard InChI is InChI=1S/C14H21FN2O/c1-10-4-3-7-14(18,8-10)9-17-12-6-2-5-11(15)13(12)16/h2,5-6,10,17-18H,3-4,7-9,16H2,1H3. The van der Waals surface area contributed by atoms with Crippen molar-refractivity contribution in [1.29, 1.82) is 0 Å². The number of anilines is 2. The highest BCUT2D eigenvalue weighted by Crippen LogP contribution is 2.33.